The number of hydrogen-bond acceptors (Lipinski definition) is 7. The predicted octanol–water partition coefficient (Wildman–Crippen LogP) is 5.43. The lowest BCUT2D eigenvalue weighted by atomic mass is 9.93. The molecule has 1 N–H and O–H groups in total. The molecule has 2 fully saturated rings. The lowest BCUT2D eigenvalue weighted by Crippen LogP contribution is -2.35. The molecular weight excluding hydrogens is 530 g/mol. The lowest BCUT2D eigenvalue weighted by molar-refractivity contribution is -0.0592. The summed E-state index contributed by atoms with van der Waals surface area (Å²) >= 11 is 0. The van der Waals surface area contributed by atoms with Crippen LogP contribution in [0.4, 0.5) is 0 Å². The van der Waals surface area contributed by atoms with Gasteiger partial charge >= 0.3 is 5.97 Å². The van der Waals surface area contributed by atoms with Gasteiger partial charge < -0.3 is 19.1 Å². The summed E-state index contributed by atoms with van der Waals surface area (Å²) < 4.78 is 14.0. The van der Waals surface area contributed by atoms with Crippen LogP contribution < -0.4 is 4.74 Å². The maximum atomic E-state index is 11.6. The monoisotopic (exact) mass is 563 g/mol. The highest BCUT2D eigenvalue weighted by molar-refractivity contribution is 5.92. The molecular formula is C33H33N5O4. The molecule has 0 spiro atoms. The van der Waals surface area contributed by atoms with Crippen molar-refractivity contribution in [2.75, 3.05) is 19.7 Å². The number of nitrogens with zero attached hydrogens (tertiary/aromatic N) is 5. The second-order valence-electron chi connectivity index (χ2n) is 11.2. The molecule has 5 heterocycles. The van der Waals surface area contributed by atoms with Crippen LogP contribution in [0, 0.1) is 0 Å². The molecule has 0 amide bonds. The highest BCUT2D eigenvalue weighted by atomic mass is 16.5. The van der Waals surface area contributed by atoms with E-state index in [1.807, 2.05) is 42.7 Å². The average Bonchev–Trinajstić information content (AvgIpc) is 3.34. The zero-order valence-corrected chi connectivity index (χ0v) is 23.4. The van der Waals surface area contributed by atoms with Gasteiger partial charge in [-0.2, -0.15) is 0 Å². The third-order valence-corrected chi connectivity index (χ3v) is 8.50. The molecule has 0 bridgehead atoms. The zero-order valence-electron chi connectivity index (χ0n) is 23.4. The quantitative estimate of drug-likeness (QED) is 0.254. The highest BCUT2D eigenvalue weighted by Crippen LogP contribution is 2.30. The molecule has 3 aromatic heterocycles. The molecule has 0 aliphatic carbocycles. The number of benzene rings is 2. The number of rotatable bonds is 9. The number of fused-ring (bicyclic) bond motifs is 2. The molecule has 2 aromatic carbocycles. The van der Waals surface area contributed by atoms with Gasteiger partial charge in [0.2, 0.25) is 5.88 Å². The van der Waals surface area contributed by atoms with Crippen molar-refractivity contribution < 1.29 is 19.4 Å². The van der Waals surface area contributed by atoms with Gasteiger partial charge in [-0.05, 0) is 62.0 Å². The molecule has 1 unspecified atom stereocenters. The smallest absolute Gasteiger partial charge is 0.335 e. The van der Waals surface area contributed by atoms with Crippen LogP contribution >= 0.6 is 0 Å². The van der Waals surface area contributed by atoms with Crippen LogP contribution in [0.15, 0.2) is 73.1 Å². The second kappa shape index (κ2) is 11.5. The first-order valence-electron chi connectivity index (χ1n) is 14.6. The molecule has 214 valence electrons. The Morgan fingerprint density at radius 2 is 1.86 bits per heavy atom. The van der Waals surface area contributed by atoms with Crippen LogP contribution in [0.25, 0.3) is 21.8 Å². The molecule has 1 atom stereocenters. The van der Waals surface area contributed by atoms with E-state index in [4.69, 9.17) is 19.4 Å². The number of hydrogen-bond donors (Lipinski definition) is 1. The Bertz CT molecular complexity index is 1730. The fourth-order valence-electron chi connectivity index (χ4n) is 6.03. The van der Waals surface area contributed by atoms with Gasteiger partial charge in [0.05, 0.1) is 35.8 Å². The van der Waals surface area contributed by atoms with Crippen molar-refractivity contribution in [1.82, 2.24) is 24.4 Å². The van der Waals surface area contributed by atoms with E-state index in [0.29, 0.717) is 31.5 Å². The van der Waals surface area contributed by atoms with Gasteiger partial charge in [0.15, 0.2) is 0 Å². The molecule has 42 heavy (non-hydrogen) atoms. The molecule has 0 radical (unpaired) electrons. The summed E-state index contributed by atoms with van der Waals surface area (Å²) in [7, 11) is 0. The van der Waals surface area contributed by atoms with Crippen LogP contribution in [-0.4, -0.2) is 61.3 Å². The van der Waals surface area contributed by atoms with Gasteiger partial charge in [0.25, 0.3) is 0 Å². The second-order valence-corrected chi connectivity index (χ2v) is 11.2. The van der Waals surface area contributed by atoms with Gasteiger partial charge in [-0.1, -0.05) is 30.3 Å². The van der Waals surface area contributed by atoms with Crippen molar-refractivity contribution in [2.45, 2.75) is 51.0 Å². The third-order valence-electron chi connectivity index (χ3n) is 8.50. The van der Waals surface area contributed by atoms with E-state index < -0.39 is 5.97 Å². The number of likely N-dealkylation sites (tertiary alicyclic amines) is 1. The first-order valence-corrected chi connectivity index (χ1v) is 14.6. The van der Waals surface area contributed by atoms with Crippen molar-refractivity contribution in [1.29, 1.82) is 0 Å². The number of carboxylic acid groups (broad SMARTS) is 1. The van der Waals surface area contributed by atoms with E-state index in [1.165, 1.54) is 0 Å². The van der Waals surface area contributed by atoms with E-state index in [0.717, 1.165) is 77.8 Å². The van der Waals surface area contributed by atoms with Crippen LogP contribution in [0.2, 0.25) is 0 Å². The molecule has 9 nitrogen and oxygen atoms in total. The fraction of sp³-hybridized carbons (Fsp3) is 0.333. The number of ether oxygens (including phenoxy) is 2. The van der Waals surface area contributed by atoms with Crippen LogP contribution in [0.5, 0.6) is 5.88 Å². The minimum Gasteiger partial charge on any atom is -0.478 e. The van der Waals surface area contributed by atoms with Gasteiger partial charge in [-0.25, -0.2) is 14.8 Å². The summed E-state index contributed by atoms with van der Waals surface area (Å²) in [5, 5.41) is 11.8. The number of aromatic carboxylic acids is 1. The average molecular weight is 564 g/mol. The van der Waals surface area contributed by atoms with Crippen molar-refractivity contribution in [2.24, 2.45) is 0 Å². The maximum absolute atomic E-state index is 11.6. The molecule has 2 aliphatic heterocycles. The van der Waals surface area contributed by atoms with E-state index in [9.17, 15) is 9.90 Å². The maximum Gasteiger partial charge on any atom is 0.335 e. The number of pyridine rings is 2. The molecule has 2 saturated heterocycles. The standard InChI is InChI=1S/C33H33N5O4/c39-33(40)23-8-9-29-30(16-23)38(19-26-12-15-41-26)31(35-29)20-37-13-10-22(11-14-37)28-6-3-7-32(36-28)42-21-25-18-34-17-24-4-1-2-5-27(24)25/h1-9,16-18,22,26H,10-15,19-21H2,(H,39,40). The molecule has 2 aliphatic rings. The Balaban J connectivity index is 1.01. The summed E-state index contributed by atoms with van der Waals surface area (Å²) in [6, 6.07) is 19.4. The topological polar surface area (TPSA) is 103 Å². The normalized spacial score (nSPS) is 17.9. The highest BCUT2D eigenvalue weighted by Gasteiger charge is 2.26. The Kier molecular flexibility index (Phi) is 7.27. The summed E-state index contributed by atoms with van der Waals surface area (Å²) in [6.07, 6.45) is 6.89. The van der Waals surface area contributed by atoms with Crippen molar-refractivity contribution in [3.05, 3.63) is 95.7 Å². The van der Waals surface area contributed by atoms with Crippen molar-refractivity contribution >= 4 is 27.8 Å². The lowest BCUT2D eigenvalue weighted by Gasteiger charge is -2.32. The van der Waals surface area contributed by atoms with E-state index >= 15 is 0 Å². The summed E-state index contributed by atoms with van der Waals surface area (Å²) in [5.74, 6) is 1.03. The number of piperidine rings is 1. The first kappa shape index (κ1) is 26.6. The van der Waals surface area contributed by atoms with Crippen LogP contribution in [0.3, 0.4) is 0 Å². The Morgan fingerprint density at radius 1 is 1.00 bits per heavy atom. The molecule has 7 rings (SSSR count). The van der Waals surface area contributed by atoms with Gasteiger partial charge in [-0.15, -0.1) is 0 Å². The Labute approximate surface area is 243 Å². The minimum atomic E-state index is -0.929. The number of imidazole rings is 1. The number of carboxylic acids is 1. The summed E-state index contributed by atoms with van der Waals surface area (Å²) in [5.41, 5.74) is 4.07. The number of carbonyl (C=O) groups is 1. The van der Waals surface area contributed by atoms with Gasteiger partial charge in [0, 0.05) is 47.6 Å². The predicted molar refractivity (Wildman–Crippen MR) is 159 cm³/mol. The SMILES string of the molecule is O=C(O)c1ccc2nc(CN3CCC(c4cccc(OCc5cncc6ccccc56)n4)CC3)n(CC3CCO3)c2c1. The third kappa shape index (κ3) is 5.45. The molecule has 5 aromatic rings. The zero-order chi connectivity index (χ0) is 28.5. The molecule has 9 heteroatoms. The largest absolute Gasteiger partial charge is 0.478 e. The fourth-order valence-corrected chi connectivity index (χ4v) is 6.03. The van der Waals surface area contributed by atoms with E-state index in [2.05, 4.69) is 32.7 Å². The van der Waals surface area contributed by atoms with E-state index in [1.54, 1.807) is 12.1 Å². The Hall–Kier alpha value is -4.34. The van der Waals surface area contributed by atoms with Gasteiger partial charge in [-0.3, -0.25) is 9.88 Å². The number of aromatic nitrogens is 4. The minimum absolute atomic E-state index is 0.151. The van der Waals surface area contributed by atoms with Crippen molar-refractivity contribution in [3.8, 4) is 5.88 Å². The van der Waals surface area contributed by atoms with Crippen molar-refractivity contribution in [3.63, 3.8) is 0 Å². The summed E-state index contributed by atoms with van der Waals surface area (Å²) in [6.45, 7) is 4.47. The van der Waals surface area contributed by atoms with E-state index in [-0.39, 0.29) is 11.7 Å². The van der Waals surface area contributed by atoms with Crippen LogP contribution in [-0.2, 0) is 24.4 Å². The first-order chi connectivity index (χ1) is 20.6. The molecule has 0 saturated carbocycles. The van der Waals surface area contributed by atoms with Gasteiger partial charge in [0.1, 0.15) is 12.4 Å². The van der Waals surface area contributed by atoms with Crippen LogP contribution in [0.1, 0.15) is 52.6 Å². The summed E-state index contributed by atoms with van der Waals surface area (Å²) in [4.78, 5) is 28.2. The Morgan fingerprint density at radius 3 is 2.67 bits per heavy atom.